The van der Waals surface area contributed by atoms with Crippen LogP contribution in [0.3, 0.4) is 0 Å². The van der Waals surface area contributed by atoms with E-state index in [2.05, 4.69) is 26.5 Å². The first-order valence-electron chi connectivity index (χ1n) is 9.03. The van der Waals surface area contributed by atoms with Gasteiger partial charge >= 0.3 is 0 Å². The minimum atomic E-state index is -0.515. The summed E-state index contributed by atoms with van der Waals surface area (Å²) in [5.74, 6) is 0.497. The molecule has 0 aromatic rings. The van der Waals surface area contributed by atoms with Crippen LogP contribution in [0.1, 0.15) is 52.9 Å². The van der Waals surface area contributed by atoms with E-state index in [0.29, 0.717) is 12.3 Å². The average molecular weight is 320 g/mol. The van der Waals surface area contributed by atoms with Crippen LogP contribution < -0.4 is 0 Å². The zero-order chi connectivity index (χ0) is 17.0. The van der Waals surface area contributed by atoms with Gasteiger partial charge in [-0.1, -0.05) is 32.9 Å². The van der Waals surface area contributed by atoms with Crippen molar-refractivity contribution in [1.82, 2.24) is 0 Å². The van der Waals surface area contributed by atoms with E-state index in [-0.39, 0.29) is 23.4 Å². The van der Waals surface area contributed by atoms with Gasteiger partial charge in [0.25, 0.3) is 0 Å². The number of rotatable bonds is 2. The molecule has 0 aromatic carbocycles. The van der Waals surface area contributed by atoms with Gasteiger partial charge in [-0.05, 0) is 54.9 Å². The molecule has 130 valence electrons. The Morgan fingerprint density at radius 3 is 2.52 bits per heavy atom. The van der Waals surface area contributed by atoms with Gasteiger partial charge in [-0.15, -0.1) is 6.58 Å². The molecule has 0 saturated heterocycles. The monoisotopic (exact) mass is 320 g/mol. The SMILES string of the molecule is C=C[C@]1(C)C=C2[C@@H](O)C[C@@H]3[C@](C)(CO)[C@H](O)CC[C@@]3(C)[C@H]2CC1. The molecule has 0 spiro atoms. The van der Waals surface area contributed by atoms with E-state index in [4.69, 9.17) is 0 Å². The van der Waals surface area contributed by atoms with E-state index >= 15 is 0 Å². The maximum absolute atomic E-state index is 10.8. The van der Waals surface area contributed by atoms with Gasteiger partial charge < -0.3 is 15.3 Å². The molecule has 3 heteroatoms. The van der Waals surface area contributed by atoms with Crippen molar-refractivity contribution >= 4 is 0 Å². The number of aliphatic hydroxyl groups excluding tert-OH is 3. The van der Waals surface area contributed by atoms with Crippen LogP contribution >= 0.6 is 0 Å². The predicted octanol–water partition coefficient (Wildman–Crippen LogP) is 3.06. The van der Waals surface area contributed by atoms with Crippen LogP contribution in [0.5, 0.6) is 0 Å². The number of aliphatic hydroxyl groups is 3. The fourth-order valence-electron chi connectivity index (χ4n) is 5.84. The van der Waals surface area contributed by atoms with E-state index < -0.39 is 17.6 Å². The van der Waals surface area contributed by atoms with Crippen molar-refractivity contribution in [3.05, 3.63) is 24.3 Å². The summed E-state index contributed by atoms with van der Waals surface area (Å²) in [6, 6.07) is 0. The first-order chi connectivity index (χ1) is 10.7. The Morgan fingerprint density at radius 1 is 1.22 bits per heavy atom. The van der Waals surface area contributed by atoms with E-state index in [1.54, 1.807) is 0 Å². The molecule has 0 aromatic heterocycles. The van der Waals surface area contributed by atoms with Gasteiger partial charge in [0.05, 0.1) is 18.8 Å². The first-order valence-corrected chi connectivity index (χ1v) is 9.03. The van der Waals surface area contributed by atoms with Gasteiger partial charge in [0.2, 0.25) is 0 Å². The predicted molar refractivity (Wildman–Crippen MR) is 91.8 cm³/mol. The third kappa shape index (κ3) is 2.35. The lowest BCUT2D eigenvalue weighted by atomic mass is 9.44. The lowest BCUT2D eigenvalue weighted by molar-refractivity contribution is -0.166. The number of allylic oxidation sites excluding steroid dienone is 2. The Hall–Kier alpha value is -0.640. The minimum Gasteiger partial charge on any atom is -0.396 e. The van der Waals surface area contributed by atoms with Crippen molar-refractivity contribution in [2.75, 3.05) is 6.61 Å². The largest absolute Gasteiger partial charge is 0.396 e. The van der Waals surface area contributed by atoms with Crippen LogP contribution in [0, 0.1) is 28.1 Å². The average Bonchev–Trinajstić information content (AvgIpc) is 2.54. The topological polar surface area (TPSA) is 60.7 Å². The quantitative estimate of drug-likeness (QED) is 0.685. The summed E-state index contributed by atoms with van der Waals surface area (Å²) in [5.41, 5.74) is 0.682. The third-order valence-electron chi connectivity index (χ3n) is 7.63. The zero-order valence-corrected chi connectivity index (χ0v) is 14.8. The molecule has 3 rings (SSSR count). The summed E-state index contributed by atoms with van der Waals surface area (Å²) in [7, 11) is 0. The second-order valence-electron chi connectivity index (χ2n) is 8.97. The maximum Gasteiger partial charge on any atom is 0.0756 e. The zero-order valence-electron chi connectivity index (χ0n) is 14.8. The second-order valence-corrected chi connectivity index (χ2v) is 8.97. The first kappa shape index (κ1) is 17.2. The molecule has 0 amide bonds. The van der Waals surface area contributed by atoms with Crippen molar-refractivity contribution in [2.45, 2.75) is 65.1 Å². The number of fused-ring (bicyclic) bond motifs is 3. The molecule has 0 radical (unpaired) electrons. The van der Waals surface area contributed by atoms with E-state index in [1.807, 2.05) is 13.0 Å². The van der Waals surface area contributed by atoms with Gasteiger partial charge in [-0.25, -0.2) is 0 Å². The van der Waals surface area contributed by atoms with Crippen LogP contribution in [0.15, 0.2) is 24.3 Å². The van der Waals surface area contributed by atoms with Crippen molar-refractivity contribution in [2.24, 2.45) is 28.1 Å². The molecule has 3 nitrogen and oxygen atoms in total. The molecule has 3 aliphatic carbocycles. The Kier molecular flexibility index (Phi) is 4.06. The summed E-state index contributed by atoms with van der Waals surface area (Å²) in [6.45, 7) is 10.5. The van der Waals surface area contributed by atoms with Crippen LogP contribution in [-0.2, 0) is 0 Å². The molecule has 0 aliphatic heterocycles. The Bertz CT molecular complexity index is 527. The molecule has 0 unspecified atom stereocenters. The van der Waals surface area contributed by atoms with Crippen molar-refractivity contribution in [1.29, 1.82) is 0 Å². The fraction of sp³-hybridized carbons (Fsp3) is 0.800. The van der Waals surface area contributed by atoms with Crippen LogP contribution in [0.4, 0.5) is 0 Å². The molecule has 7 atom stereocenters. The molecule has 3 aliphatic rings. The highest BCUT2D eigenvalue weighted by Crippen LogP contribution is 2.63. The number of hydrogen-bond acceptors (Lipinski definition) is 3. The molecular formula is C20H32O3. The summed E-state index contributed by atoms with van der Waals surface area (Å²) in [4.78, 5) is 0. The van der Waals surface area contributed by atoms with Gasteiger partial charge in [0, 0.05) is 10.8 Å². The van der Waals surface area contributed by atoms with Crippen LogP contribution in [0.2, 0.25) is 0 Å². The second kappa shape index (κ2) is 5.44. The van der Waals surface area contributed by atoms with E-state index in [1.165, 1.54) is 5.57 Å². The summed E-state index contributed by atoms with van der Waals surface area (Å²) < 4.78 is 0. The highest BCUT2D eigenvalue weighted by molar-refractivity contribution is 5.30. The molecular weight excluding hydrogens is 288 g/mol. The summed E-state index contributed by atoms with van der Waals surface area (Å²) >= 11 is 0. The normalized spacial score (nSPS) is 53.0. The van der Waals surface area contributed by atoms with E-state index in [9.17, 15) is 15.3 Å². The van der Waals surface area contributed by atoms with Crippen LogP contribution in [0.25, 0.3) is 0 Å². The number of hydrogen-bond donors (Lipinski definition) is 3. The van der Waals surface area contributed by atoms with Crippen molar-refractivity contribution in [3.63, 3.8) is 0 Å². The Balaban J connectivity index is 2.04. The van der Waals surface area contributed by atoms with Gasteiger partial charge in [-0.3, -0.25) is 0 Å². The molecule has 23 heavy (non-hydrogen) atoms. The van der Waals surface area contributed by atoms with Crippen molar-refractivity contribution < 1.29 is 15.3 Å². The lowest BCUT2D eigenvalue weighted by Crippen LogP contribution is -2.60. The van der Waals surface area contributed by atoms with Gasteiger partial charge in [0.1, 0.15) is 0 Å². The van der Waals surface area contributed by atoms with Crippen molar-refractivity contribution in [3.8, 4) is 0 Å². The molecule has 2 fully saturated rings. The van der Waals surface area contributed by atoms with Crippen LogP contribution in [-0.4, -0.2) is 34.1 Å². The molecule has 3 N–H and O–H groups in total. The maximum atomic E-state index is 10.8. The summed E-state index contributed by atoms with van der Waals surface area (Å²) in [5, 5.41) is 31.4. The molecule has 2 saturated carbocycles. The minimum absolute atomic E-state index is 0.0166. The van der Waals surface area contributed by atoms with Gasteiger partial charge in [0.15, 0.2) is 0 Å². The van der Waals surface area contributed by atoms with Gasteiger partial charge in [-0.2, -0.15) is 0 Å². The third-order valence-corrected chi connectivity index (χ3v) is 7.63. The Morgan fingerprint density at radius 2 is 1.91 bits per heavy atom. The Labute approximate surface area is 140 Å². The lowest BCUT2D eigenvalue weighted by Gasteiger charge is -2.62. The molecule has 0 heterocycles. The fourth-order valence-corrected chi connectivity index (χ4v) is 5.84. The highest BCUT2D eigenvalue weighted by Gasteiger charge is 2.60. The van der Waals surface area contributed by atoms with E-state index in [0.717, 1.165) is 25.7 Å². The molecule has 0 bridgehead atoms. The summed E-state index contributed by atoms with van der Waals surface area (Å²) in [6.07, 6.45) is 7.76. The smallest absolute Gasteiger partial charge is 0.0756 e. The standard InChI is InChI=1S/C20H32O3/c1-5-18(2)8-6-14-13(11-18)15(22)10-16-19(14,3)9-7-17(23)20(16,4)12-21/h5,11,14-17,21-23H,1,6-10,12H2,2-4H3/t14-,15-,16-,17+,18-,19-,20-/m0/s1. The highest BCUT2D eigenvalue weighted by atomic mass is 16.3.